The van der Waals surface area contributed by atoms with Crippen LogP contribution < -0.4 is 5.32 Å². The van der Waals surface area contributed by atoms with E-state index >= 15 is 0 Å². The number of nitrogens with one attached hydrogen (secondary N) is 1. The van der Waals surface area contributed by atoms with E-state index < -0.39 is 5.76 Å². The second kappa shape index (κ2) is 9.90. The van der Waals surface area contributed by atoms with Gasteiger partial charge in [0.2, 0.25) is 5.91 Å². The van der Waals surface area contributed by atoms with Crippen molar-refractivity contribution in [1.29, 1.82) is 0 Å². The van der Waals surface area contributed by atoms with Crippen LogP contribution in [0.4, 0.5) is 14.5 Å². The van der Waals surface area contributed by atoms with Gasteiger partial charge >= 0.3 is 0 Å². The highest BCUT2D eigenvalue weighted by molar-refractivity contribution is 8.00. The maximum Gasteiger partial charge on any atom is 0.288 e. The predicted molar refractivity (Wildman–Crippen MR) is 109 cm³/mol. The molecule has 1 aromatic heterocycles. The van der Waals surface area contributed by atoms with E-state index in [-0.39, 0.29) is 11.7 Å². The lowest BCUT2D eigenvalue weighted by Gasteiger charge is -2.11. The van der Waals surface area contributed by atoms with Crippen LogP contribution in [-0.2, 0) is 16.1 Å². The lowest BCUT2D eigenvalue weighted by Crippen LogP contribution is -2.15. The predicted octanol–water partition coefficient (Wildman–Crippen LogP) is 4.73. The highest BCUT2D eigenvalue weighted by Gasteiger charge is 2.15. The molecule has 0 aliphatic rings. The summed E-state index contributed by atoms with van der Waals surface area (Å²) in [5.41, 5.74) is 2.20. The van der Waals surface area contributed by atoms with Gasteiger partial charge in [-0.2, -0.15) is 8.78 Å². The van der Waals surface area contributed by atoms with Crippen LogP contribution in [0.1, 0.15) is 0 Å². The number of carbonyl (C=O) groups is 1. The summed E-state index contributed by atoms with van der Waals surface area (Å²) in [5, 5.41) is 3.42. The second-order valence-electron chi connectivity index (χ2n) is 5.74. The van der Waals surface area contributed by atoms with Gasteiger partial charge in [0.15, 0.2) is 5.16 Å². The number of para-hydroxylation sites is 3. The number of aromatic nitrogens is 2. The second-order valence-corrected chi connectivity index (χ2v) is 7.71. The number of hydrogen-bond acceptors (Lipinski definition) is 5. The molecule has 3 aromatic rings. The number of fused-ring (bicyclic) bond motifs is 1. The molecule has 0 spiro atoms. The molecule has 0 unspecified atom stereocenters. The van der Waals surface area contributed by atoms with Gasteiger partial charge in [-0.1, -0.05) is 47.8 Å². The molecule has 0 aliphatic heterocycles. The molecule has 28 heavy (non-hydrogen) atoms. The van der Waals surface area contributed by atoms with Crippen LogP contribution >= 0.6 is 23.5 Å². The third-order valence-electron chi connectivity index (χ3n) is 3.85. The average molecular weight is 424 g/mol. The van der Waals surface area contributed by atoms with E-state index in [2.05, 4.69) is 10.3 Å². The van der Waals surface area contributed by atoms with Crippen LogP contribution in [0, 0.1) is 0 Å². The lowest BCUT2D eigenvalue weighted by atomic mass is 10.3. The van der Waals surface area contributed by atoms with Crippen molar-refractivity contribution in [2.45, 2.75) is 22.4 Å². The third kappa shape index (κ3) is 5.24. The molecule has 2 aromatic carbocycles. The number of rotatable bonds is 9. The molecule has 9 heteroatoms. The highest BCUT2D eigenvalue weighted by atomic mass is 32.2. The van der Waals surface area contributed by atoms with Crippen molar-refractivity contribution in [3.63, 3.8) is 0 Å². The molecule has 0 saturated carbocycles. The van der Waals surface area contributed by atoms with Crippen molar-refractivity contribution in [3.8, 4) is 0 Å². The summed E-state index contributed by atoms with van der Waals surface area (Å²) in [6.07, 6.45) is 0. The zero-order valence-corrected chi connectivity index (χ0v) is 16.7. The number of alkyl halides is 2. The number of imidazole rings is 1. The SMILES string of the molecule is COCCn1c(SCC(=O)Nc2ccccc2SC(F)F)nc2ccccc21. The number of anilines is 1. The monoisotopic (exact) mass is 423 g/mol. The third-order valence-corrected chi connectivity index (χ3v) is 5.61. The van der Waals surface area contributed by atoms with Crippen molar-refractivity contribution in [3.05, 3.63) is 48.5 Å². The zero-order chi connectivity index (χ0) is 19.9. The fourth-order valence-electron chi connectivity index (χ4n) is 2.65. The molecule has 5 nitrogen and oxygen atoms in total. The summed E-state index contributed by atoms with van der Waals surface area (Å²) >= 11 is 1.71. The zero-order valence-electron chi connectivity index (χ0n) is 15.1. The number of benzene rings is 2. The Labute approximate surface area is 169 Å². The summed E-state index contributed by atoms with van der Waals surface area (Å²) in [5.74, 6) is -2.71. The normalized spacial score (nSPS) is 11.3. The van der Waals surface area contributed by atoms with Gasteiger partial charge < -0.3 is 14.6 Å². The summed E-state index contributed by atoms with van der Waals surface area (Å²) in [7, 11) is 1.63. The van der Waals surface area contributed by atoms with E-state index in [9.17, 15) is 13.6 Å². The molecule has 0 bridgehead atoms. The number of halogens is 2. The number of nitrogens with zero attached hydrogens (tertiary/aromatic N) is 2. The molecule has 3 rings (SSSR count). The van der Waals surface area contributed by atoms with Crippen LogP contribution in [-0.4, -0.2) is 40.7 Å². The number of methoxy groups -OCH3 is 1. The summed E-state index contributed by atoms with van der Waals surface area (Å²) in [6, 6.07) is 14.3. The molecule has 0 radical (unpaired) electrons. The Bertz CT molecular complexity index is 950. The molecule has 0 saturated heterocycles. The van der Waals surface area contributed by atoms with E-state index in [1.807, 2.05) is 28.8 Å². The van der Waals surface area contributed by atoms with Crippen molar-refractivity contribution in [2.75, 3.05) is 24.8 Å². The first-order valence-corrected chi connectivity index (χ1v) is 10.4. The number of ether oxygens (including phenoxy) is 1. The Kier molecular flexibility index (Phi) is 7.30. The van der Waals surface area contributed by atoms with E-state index in [1.165, 1.54) is 11.8 Å². The summed E-state index contributed by atoms with van der Waals surface area (Å²) < 4.78 is 32.5. The number of amides is 1. The fourth-order valence-corrected chi connectivity index (χ4v) is 4.08. The van der Waals surface area contributed by atoms with Crippen molar-refractivity contribution < 1.29 is 18.3 Å². The van der Waals surface area contributed by atoms with Crippen LogP contribution in [0.3, 0.4) is 0 Å². The Balaban J connectivity index is 1.70. The molecule has 148 valence electrons. The number of thioether (sulfide) groups is 2. The molecule has 0 fully saturated rings. The van der Waals surface area contributed by atoms with E-state index in [1.54, 1.807) is 31.4 Å². The Morgan fingerprint density at radius 2 is 1.96 bits per heavy atom. The first-order chi connectivity index (χ1) is 13.6. The number of hydrogen-bond donors (Lipinski definition) is 1. The van der Waals surface area contributed by atoms with Crippen molar-refractivity contribution in [2.24, 2.45) is 0 Å². The van der Waals surface area contributed by atoms with E-state index in [0.29, 0.717) is 40.7 Å². The van der Waals surface area contributed by atoms with E-state index in [4.69, 9.17) is 4.74 Å². The van der Waals surface area contributed by atoms with Gasteiger partial charge in [-0.3, -0.25) is 4.79 Å². The van der Waals surface area contributed by atoms with Crippen molar-refractivity contribution >= 4 is 46.2 Å². The van der Waals surface area contributed by atoms with Crippen LogP contribution in [0.15, 0.2) is 58.6 Å². The topological polar surface area (TPSA) is 56.1 Å². The van der Waals surface area contributed by atoms with Gasteiger partial charge in [-0.15, -0.1) is 0 Å². The molecule has 0 aliphatic carbocycles. The van der Waals surface area contributed by atoms with Gasteiger partial charge in [0.25, 0.3) is 5.76 Å². The first kappa shape index (κ1) is 20.6. The molecule has 1 amide bonds. The Morgan fingerprint density at radius 1 is 1.21 bits per heavy atom. The molecular formula is C19H19F2N3O2S2. The largest absolute Gasteiger partial charge is 0.383 e. The van der Waals surface area contributed by atoms with Gasteiger partial charge in [-0.25, -0.2) is 4.98 Å². The Hall–Kier alpha value is -2.10. The minimum Gasteiger partial charge on any atom is -0.383 e. The lowest BCUT2D eigenvalue weighted by molar-refractivity contribution is -0.113. The average Bonchev–Trinajstić information content (AvgIpc) is 3.03. The first-order valence-electron chi connectivity index (χ1n) is 8.49. The smallest absolute Gasteiger partial charge is 0.288 e. The van der Waals surface area contributed by atoms with Crippen LogP contribution in [0.25, 0.3) is 11.0 Å². The highest BCUT2D eigenvalue weighted by Crippen LogP contribution is 2.32. The quantitative estimate of drug-likeness (QED) is 0.505. The maximum absolute atomic E-state index is 12.7. The number of carbonyl (C=O) groups excluding carboxylic acids is 1. The van der Waals surface area contributed by atoms with Gasteiger partial charge in [-0.05, 0) is 24.3 Å². The molecule has 1 N–H and O–H groups in total. The van der Waals surface area contributed by atoms with Crippen molar-refractivity contribution in [1.82, 2.24) is 9.55 Å². The molecular weight excluding hydrogens is 404 g/mol. The minimum atomic E-state index is -2.55. The van der Waals surface area contributed by atoms with E-state index in [0.717, 1.165) is 11.0 Å². The van der Waals surface area contributed by atoms with Gasteiger partial charge in [0.1, 0.15) is 0 Å². The van der Waals surface area contributed by atoms with Crippen LogP contribution in [0.2, 0.25) is 0 Å². The van der Waals surface area contributed by atoms with Gasteiger partial charge in [0, 0.05) is 18.6 Å². The standard InChI is InChI=1S/C19H19F2N3O2S2/c1-26-11-10-24-15-8-4-2-6-13(15)23-19(24)27-12-17(25)22-14-7-3-5-9-16(14)28-18(20)21/h2-9,18H,10-12H2,1H3,(H,22,25). The molecule has 1 heterocycles. The van der Waals surface area contributed by atoms with Gasteiger partial charge in [0.05, 0.1) is 29.1 Å². The fraction of sp³-hybridized carbons (Fsp3) is 0.263. The summed E-state index contributed by atoms with van der Waals surface area (Å²) in [4.78, 5) is 17.3. The molecule has 0 atom stereocenters. The Morgan fingerprint density at radius 3 is 2.75 bits per heavy atom. The van der Waals surface area contributed by atoms with Crippen LogP contribution in [0.5, 0.6) is 0 Å². The summed E-state index contributed by atoms with van der Waals surface area (Å²) in [6.45, 7) is 1.15. The maximum atomic E-state index is 12.7. The minimum absolute atomic E-state index is 0.115.